The van der Waals surface area contributed by atoms with E-state index < -0.39 is 18.1 Å². The predicted octanol–water partition coefficient (Wildman–Crippen LogP) is -1.41. The van der Waals surface area contributed by atoms with Gasteiger partial charge in [-0.15, -0.1) is 0 Å². The molecule has 7 nitrogen and oxygen atoms in total. The summed E-state index contributed by atoms with van der Waals surface area (Å²) in [5.74, 6) is -1.26. The first kappa shape index (κ1) is 11.6. The quantitative estimate of drug-likeness (QED) is 0.506. The highest BCUT2D eigenvalue weighted by Crippen LogP contribution is 2.20. The molecule has 1 heterocycles. The van der Waals surface area contributed by atoms with E-state index in [9.17, 15) is 9.90 Å². The van der Waals surface area contributed by atoms with Gasteiger partial charge in [-0.25, -0.2) is 4.98 Å². The van der Waals surface area contributed by atoms with Crippen LogP contribution in [0.3, 0.4) is 0 Å². The highest BCUT2D eigenvalue weighted by atomic mass is 35.5. The maximum absolute atomic E-state index is 10.6. The van der Waals surface area contributed by atoms with Crippen LogP contribution in [0.25, 0.3) is 0 Å². The van der Waals surface area contributed by atoms with Crippen molar-refractivity contribution >= 4 is 23.3 Å². The Hall–Kier alpha value is -1.44. The third kappa shape index (κ3) is 2.52. The molecule has 0 spiro atoms. The van der Waals surface area contributed by atoms with Crippen LogP contribution in [0.15, 0.2) is 6.20 Å². The second kappa shape index (κ2) is 4.39. The fourth-order valence-corrected chi connectivity index (χ4v) is 1.06. The van der Waals surface area contributed by atoms with Crippen molar-refractivity contribution in [3.63, 3.8) is 0 Å². The molecule has 0 saturated heterocycles. The zero-order chi connectivity index (χ0) is 11.6. The van der Waals surface area contributed by atoms with Gasteiger partial charge >= 0.3 is 0 Å². The number of aliphatic hydroxyl groups is 2. The van der Waals surface area contributed by atoms with Crippen molar-refractivity contribution in [2.24, 2.45) is 5.73 Å². The van der Waals surface area contributed by atoms with Crippen LogP contribution in [0.5, 0.6) is 0 Å². The topological polar surface area (TPSA) is 135 Å². The van der Waals surface area contributed by atoms with E-state index in [-0.39, 0.29) is 16.7 Å². The summed E-state index contributed by atoms with van der Waals surface area (Å²) in [5.41, 5.74) is 10.0. The zero-order valence-corrected chi connectivity index (χ0v) is 8.22. The average Bonchev–Trinajstić information content (AvgIpc) is 2.15. The van der Waals surface area contributed by atoms with Crippen molar-refractivity contribution in [3.8, 4) is 0 Å². The number of halogens is 1. The third-order valence-corrected chi connectivity index (χ3v) is 1.85. The van der Waals surface area contributed by atoms with Crippen LogP contribution >= 0.6 is 11.6 Å². The summed E-state index contributed by atoms with van der Waals surface area (Å²) in [4.78, 5) is 17.8. The molecule has 2 atom stereocenters. The largest absolute Gasteiger partial charge is 0.383 e. The van der Waals surface area contributed by atoms with Gasteiger partial charge in [-0.3, -0.25) is 9.78 Å². The van der Waals surface area contributed by atoms with Crippen molar-refractivity contribution in [2.75, 3.05) is 5.73 Å². The molecular formula is C7H9ClN4O3. The van der Waals surface area contributed by atoms with Gasteiger partial charge in [0.1, 0.15) is 22.8 Å². The van der Waals surface area contributed by atoms with E-state index in [4.69, 9.17) is 28.2 Å². The Morgan fingerprint density at radius 3 is 2.60 bits per heavy atom. The highest BCUT2D eigenvalue weighted by molar-refractivity contribution is 6.29. The molecule has 0 radical (unpaired) electrons. The minimum Gasteiger partial charge on any atom is -0.383 e. The summed E-state index contributed by atoms with van der Waals surface area (Å²) in [6.45, 7) is 0. The molecule has 0 aliphatic carbocycles. The van der Waals surface area contributed by atoms with Gasteiger partial charge in [-0.1, -0.05) is 11.6 Å². The number of aromatic nitrogens is 2. The van der Waals surface area contributed by atoms with Gasteiger partial charge in [-0.05, 0) is 0 Å². The minimum absolute atomic E-state index is 0.0389. The second-order valence-corrected chi connectivity index (χ2v) is 3.14. The van der Waals surface area contributed by atoms with Crippen LogP contribution in [-0.4, -0.2) is 32.2 Å². The summed E-state index contributed by atoms with van der Waals surface area (Å²) in [6.07, 6.45) is -2.28. The average molecular weight is 233 g/mol. The Morgan fingerprint density at radius 2 is 2.13 bits per heavy atom. The summed E-state index contributed by atoms with van der Waals surface area (Å²) < 4.78 is 0. The first-order chi connectivity index (χ1) is 6.93. The number of carbonyl (C=O) groups is 1. The summed E-state index contributed by atoms with van der Waals surface area (Å²) in [7, 11) is 0. The second-order valence-electron chi connectivity index (χ2n) is 2.76. The fourth-order valence-electron chi connectivity index (χ4n) is 0.923. The molecule has 1 aromatic heterocycles. The number of nitrogens with two attached hydrogens (primary N) is 2. The van der Waals surface area contributed by atoms with Gasteiger partial charge in [-0.2, -0.15) is 0 Å². The van der Waals surface area contributed by atoms with Crippen molar-refractivity contribution in [1.82, 2.24) is 9.97 Å². The molecule has 0 fully saturated rings. The van der Waals surface area contributed by atoms with Crippen molar-refractivity contribution < 1.29 is 15.0 Å². The Bertz CT molecular complexity index is 386. The molecule has 1 amide bonds. The van der Waals surface area contributed by atoms with Gasteiger partial charge in [0, 0.05) is 0 Å². The monoisotopic (exact) mass is 232 g/mol. The number of nitrogen functional groups attached to an aromatic ring is 1. The van der Waals surface area contributed by atoms with Crippen LogP contribution < -0.4 is 11.5 Å². The van der Waals surface area contributed by atoms with Crippen LogP contribution in [-0.2, 0) is 4.79 Å². The first-order valence-corrected chi connectivity index (χ1v) is 4.24. The molecule has 8 heteroatoms. The summed E-state index contributed by atoms with van der Waals surface area (Å²) in [6, 6.07) is 0. The molecule has 2 unspecified atom stereocenters. The number of aliphatic hydroxyl groups excluding tert-OH is 2. The molecule has 0 saturated carbocycles. The number of nitrogens with zero attached hydrogens (tertiary/aromatic N) is 2. The van der Waals surface area contributed by atoms with E-state index in [0.29, 0.717) is 0 Å². The van der Waals surface area contributed by atoms with Crippen LogP contribution in [0, 0.1) is 0 Å². The Labute approximate surface area is 89.7 Å². The van der Waals surface area contributed by atoms with E-state index in [0.717, 1.165) is 6.20 Å². The molecule has 1 rings (SSSR count). The number of carbonyl (C=O) groups excluding carboxylic acids is 1. The Morgan fingerprint density at radius 1 is 1.53 bits per heavy atom. The van der Waals surface area contributed by atoms with E-state index in [1.54, 1.807) is 0 Å². The number of hydrogen-bond donors (Lipinski definition) is 4. The third-order valence-electron chi connectivity index (χ3n) is 1.67. The molecule has 82 valence electrons. The zero-order valence-electron chi connectivity index (χ0n) is 7.46. The van der Waals surface area contributed by atoms with E-state index in [1.165, 1.54) is 0 Å². The predicted molar refractivity (Wildman–Crippen MR) is 51.6 cm³/mol. The SMILES string of the molecule is NC(=O)C(O)C(O)c1ncc(Cl)nc1N. The molecule has 15 heavy (non-hydrogen) atoms. The molecule has 6 N–H and O–H groups in total. The lowest BCUT2D eigenvalue weighted by Crippen LogP contribution is -2.34. The molecule has 1 aromatic rings. The number of anilines is 1. The maximum atomic E-state index is 10.6. The number of hydrogen-bond acceptors (Lipinski definition) is 6. The lowest BCUT2D eigenvalue weighted by molar-refractivity contribution is -0.132. The van der Waals surface area contributed by atoms with Crippen LogP contribution in [0.2, 0.25) is 5.15 Å². The molecule has 0 aromatic carbocycles. The fraction of sp³-hybridized carbons (Fsp3) is 0.286. The van der Waals surface area contributed by atoms with Gasteiger partial charge < -0.3 is 21.7 Å². The lowest BCUT2D eigenvalue weighted by atomic mass is 10.1. The van der Waals surface area contributed by atoms with E-state index in [1.807, 2.05) is 0 Å². The normalized spacial score (nSPS) is 14.6. The summed E-state index contributed by atoms with van der Waals surface area (Å²) >= 11 is 5.47. The van der Waals surface area contributed by atoms with Crippen LogP contribution in [0.4, 0.5) is 5.82 Å². The smallest absolute Gasteiger partial charge is 0.249 e. The van der Waals surface area contributed by atoms with E-state index >= 15 is 0 Å². The minimum atomic E-state index is -1.79. The van der Waals surface area contributed by atoms with Gasteiger partial charge in [0.05, 0.1) is 6.20 Å². The Kier molecular flexibility index (Phi) is 3.40. The number of amides is 1. The maximum Gasteiger partial charge on any atom is 0.249 e. The van der Waals surface area contributed by atoms with Crippen molar-refractivity contribution in [3.05, 3.63) is 17.0 Å². The van der Waals surface area contributed by atoms with Crippen LogP contribution in [0.1, 0.15) is 11.8 Å². The summed E-state index contributed by atoms with van der Waals surface area (Å²) in [5, 5.41) is 18.7. The lowest BCUT2D eigenvalue weighted by Gasteiger charge is -2.15. The Balaban J connectivity index is 3.01. The van der Waals surface area contributed by atoms with Gasteiger partial charge in [0.2, 0.25) is 5.91 Å². The highest BCUT2D eigenvalue weighted by Gasteiger charge is 2.26. The van der Waals surface area contributed by atoms with E-state index in [2.05, 4.69) is 9.97 Å². The first-order valence-electron chi connectivity index (χ1n) is 3.87. The van der Waals surface area contributed by atoms with Crippen molar-refractivity contribution in [2.45, 2.75) is 12.2 Å². The molecule has 0 aliphatic rings. The number of primary amides is 1. The molecule has 0 aliphatic heterocycles. The number of rotatable bonds is 3. The molecule has 0 bridgehead atoms. The van der Waals surface area contributed by atoms with Crippen molar-refractivity contribution in [1.29, 1.82) is 0 Å². The standard InChI is InChI=1S/C7H9ClN4O3/c8-2-1-11-3(6(9)12-2)4(13)5(14)7(10)15/h1,4-5,13-14H,(H2,9,12)(H2,10,15). The van der Waals surface area contributed by atoms with Gasteiger partial charge in [0.15, 0.2) is 6.10 Å². The van der Waals surface area contributed by atoms with Gasteiger partial charge in [0.25, 0.3) is 0 Å². The molecular weight excluding hydrogens is 224 g/mol.